The van der Waals surface area contributed by atoms with Crippen molar-refractivity contribution in [2.75, 3.05) is 26.6 Å². The van der Waals surface area contributed by atoms with Crippen molar-refractivity contribution < 1.29 is 23.7 Å². The minimum atomic E-state index is -0.291. The molecule has 1 atom stereocenters. The number of nitrogens with one attached hydrogen (secondary N) is 1. The van der Waals surface area contributed by atoms with E-state index in [1.807, 2.05) is 12.1 Å². The van der Waals surface area contributed by atoms with E-state index in [1.54, 1.807) is 6.07 Å². The molecule has 1 aromatic carbocycles. The van der Waals surface area contributed by atoms with Crippen molar-refractivity contribution >= 4 is 5.91 Å². The van der Waals surface area contributed by atoms with Gasteiger partial charge in [-0.2, -0.15) is 0 Å². The average molecular weight is 279 g/mol. The standard InChI is InChI=1S/C14H17NO5/c16-14(12-2-1-6-18-12)15-5-7-17-10-3-4-11-13(8-10)20-9-19-11/h3-4,8,12H,1-2,5-7,9H2,(H,15,16)/t12-/m0/s1. The monoisotopic (exact) mass is 279 g/mol. The molecular weight excluding hydrogens is 262 g/mol. The van der Waals surface area contributed by atoms with Gasteiger partial charge >= 0.3 is 0 Å². The Balaban J connectivity index is 1.40. The Kier molecular flexibility index (Phi) is 3.92. The number of benzene rings is 1. The molecule has 1 N–H and O–H groups in total. The molecule has 6 heteroatoms. The molecule has 2 aliphatic rings. The summed E-state index contributed by atoms with van der Waals surface area (Å²) in [6.07, 6.45) is 1.46. The number of hydrogen-bond acceptors (Lipinski definition) is 5. The highest BCUT2D eigenvalue weighted by molar-refractivity contribution is 5.80. The predicted octanol–water partition coefficient (Wildman–Crippen LogP) is 1.09. The van der Waals surface area contributed by atoms with E-state index < -0.39 is 0 Å². The van der Waals surface area contributed by atoms with Crippen LogP contribution in [0.2, 0.25) is 0 Å². The van der Waals surface area contributed by atoms with Crippen molar-refractivity contribution in [3.8, 4) is 17.2 Å². The van der Waals surface area contributed by atoms with Crippen molar-refractivity contribution in [3.63, 3.8) is 0 Å². The van der Waals surface area contributed by atoms with Crippen LogP contribution in [0.15, 0.2) is 18.2 Å². The van der Waals surface area contributed by atoms with Gasteiger partial charge in [0, 0.05) is 12.7 Å². The third-order valence-electron chi connectivity index (χ3n) is 3.24. The second-order valence-electron chi connectivity index (χ2n) is 4.66. The van der Waals surface area contributed by atoms with Crippen LogP contribution in [0.5, 0.6) is 17.2 Å². The summed E-state index contributed by atoms with van der Waals surface area (Å²) in [6.45, 7) is 1.77. The number of carbonyl (C=O) groups is 1. The van der Waals surface area contributed by atoms with Crippen molar-refractivity contribution in [1.82, 2.24) is 5.32 Å². The van der Waals surface area contributed by atoms with Crippen molar-refractivity contribution in [2.45, 2.75) is 18.9 Å². The Labute approximate surface area is 117 Å². The van der Waals surface area contributed by atoms with Gasteiger partial charge in [-0.25, -0.2) is 0 Å². The van der Waals surface area contributed by atoms with E-state index in [-0.39, 0.29) is 18.8 Å². The van der Waals surface area contributed by atoms with Crippen molar-refractivity contribution in [1.29, 1.82) is 0 Å². The van der Waals surface area contributed by atoms with E-state index >= 15 is 0 Å². The Hall–Kier alpha value is -1.95. The van der Waals surface area contributed by atoms with Gasteiger partial charge in [0.25, 0.3) is 0 Å². The second kappa shape index (κ2) is 6.00. The third-order valence-corrected chi connectivity index (χ3v) is 3.24. The molecule has 0 aliphatic carbocycles. The molecule has 0 aromatic heterocycles. The van der Waals surface area contributed by atoms with Crippen LogP contribution in [0.3, 0.4) is 0 Å². The Bertz CT molecular complexity index is 484. The van der Waals surface area contributed by atoms with Gasteiger partial charge in [0.05, 0.1) is 6.54 Å². The van der Waals surface area contributed by atoms with Crippen LogP contribution < -0.4 is 19.5 Å². The zero-order chi connectivity index (χ0) is 13.8. The molecule has 1 aromatic rings. The van der Waals surface area contributed by atoms with Gasteiger partial charge in [0.15, 0.2) is 11.5 Å². The summed E-state index contributed by atoms with van der Waals surface area (Å²) in [4.78, 5) is 11.7. The van der Waals surface area contributed by atoms with Gasteiger partial charge in [0.2, 0.25) is 12.7 Å². The van der Waals surface area contributed by atoms with Crippen LogP contribution in [0.25, 0.3) is 0 Å². The number of hydrogen-bond donors (Lipinski definition) is 1. The first-order chi connectivity index (χ1) is 9.83. The van der Waals surface area contributed by atoms with E-state index in [1.165, 1.54) is 0 Å². The molecule has 0 radical (unpaired) electrons. The van der Waals surface area contributed by atoms with Crippen molar-refractivity contribution in [3.05, 3.63) is 18.2 Å². The van der Waals surface area contributed by atoms with E-state index in [2.05, 4.69) is 5.32 Å². The van der Waals surface area contributed by atoms with E-state index in [0.717, 1.165) is 18.6 Å². The molecule has 1 amide bonds. The van der Waals surface area contributed by atoms with Crippen LogP contribution in [0, 0.1) is 0 Å². The molecule has 0 unspecified atom stereocenters. The summed E-state index contributed by atoms with van der Waals surface area (Å²) in [6, 6.07) is 5.41. The van der Waals surface area contributed by atoms with E-state index in [4.69, 9.17) is 18.9 Å². The van der Waals surface area contributed by atoms with Gasteiger partial charge in [-0.05, 0) is 25.0 Å². The summed E-state index contributed by atoms with van der Waals surface area (Å²) < 4.78 is 21.3. The highest BCUT2D eigenvalue weighted by Crippen LogP contribution is 2.34. The normalized spacial score (nSPS) is 19.9. The summed E-state index contributed by atoms with van der Waals surface area (Å²) in [5.74, 6) is 2.05. The second-order valence-corrected chi connectivity index (χ2v) is 4.66. The largest absolute Gasteiger partial charge is 0.492 e. The Morgan fingerprint density at radius 1 is 1.35 bits per heavy atom. The van der Waals surface area contributed by atoms with Gasteiger partial charge in [-0.3, -0.25) is 4.79 Å². The highest BCUT2D eigenvalue weighted by Gasteiger charge is 2.22. The fourth-order valence-corrected chi connectivity index (χ4v) is 2.21. The molecule has 0 spiro atoms. The summed E-state index contributed by atoms with van der Waals surface area (Å²) in [5.41, 5.74) is 0. The van der Waals surface area contributed by atoms with Crippen LogP contribution in [0.4, 0.5) is 0 Å². The molecule has 1 saturated heterocycles. The van der Waals surface area contributed by atoms with E-state index in [9.17, 15) is 4.79 Å². The summed E-state index contributed by atoms with van der Waals surface area (Å²) >= 11 is 0. The lowest BCUT2D eigenvalue weighted by Crippen LogP contribution is -2.36. The van der Waals surface area contributed by atoms with Crippen molar-refractivity contribution in [2.24, 2.45) is 0 Å². The molecule has 2 heterocycles. The Morgan fingerprint density at radius 3 is 3.10 bits per heavy atom. The maximum atomic E-state index is 11.7. The zero-order valence-corrected chi connectivity index (χ0v) is 11.1. The van der Waals surface area contributed by atoms with Crippen LogP contribution in [-0.4, -0.2) is 38.6 Å². The molecule has 108 valence electrons. The van der Waals surface area contributed by atoms with Crippen LogP contribution in [0.1, 0.15) is 12.8 Å². The summed E-state index contributed by atoms with van der Waals surface area (Å²) in [5, 5.41) is 2.80. The first kappa shape index (κ1) is 13.1. The lowest BCUT2D eigenvalue weighted by atomic mass is 10.2. The third kappa shape index (κ3) is 2.96. The molecule has 6 nitrogen and oxygen atoms in total. The first-order valence-electron chi connectivity index (χ1n) is 6.75. The Morgan fingerprint density at radius 2 is 2.25 bits per heavy atom. The molecule has 0 bridgehead atoms. The molecular formula is C14H17NO5. The van der Waals surface area contributed by atoms with Gasteiger partial charge in [0.1, 0.15) is 18.5 Å². The molecule has 20 heavy (non-hydrogen) atoms. The number of fused-ring (bicyclic) bond motifs is 1. The minimum Gasteiger partial charge on any atom is -0.492 e. The predicted molar refractivity (Wildman–Crippen MR) is 70.0 cm³/mol. The van der Waals surface area contributed by atoms with Crippen LogP contribution >= 0.6 is 0 Å². The number of amides is 1. The lowest BCUT2D eigenvalue weighted by molar-refractivity contribution is -0.130. The lowest BCUT2D eigenvalue weighted by Gasteiger charge is -2.11. The molecule has 0 saturated carbocycles. The molecule has 1 fully saturated rings. The molecule has 2 aliphatic heterocycles. The quantitative estimate of drug-likeness (QED) is 0.817. The SMILES string of the molecule is O=C(NCCOc1ccc2c(c1)OCO2)[C@@H]1CCCO1. The summed E-state index contributed by atoms with van der Waals surface area (Å²) in [7, 11) is 0. The maximum Gasteiger partial charge on any atom is 0.249 e. The smallest absolute Gasteiger partial charge is 0.249 e. The maximum absolute atomic E-state index is 11.7. The first-order valence-corrected chi connectivity index (χ1v) is 6.75. The average Bonchev–Trinajstić information content (AvgIpc) is 3.13. The number of rotatable bonds is 5. The van der Waals surface area contributed by atoms with Gasteiger partial charge in [-0.15, -0.1) is 0 Å². The van der Waals surface area contributed by atoms with Gasteiger partial charge in [-0.1, -0.05) is 0 Å². The van der Waals surface area contributed by atoms with E-state index in [0.29, 0.717) is 31.3 Å². The topological polar surface area (TPSA) is 66.0 Å². The van der Waals surface area contributed by atoms with Crippen LogP contribution in [-0.2, 0) is 9.53 Å². The number of carbonyl (C=O) groups excluding carboxylic acids is 1. The number of ether oxygens (including phenoxy) is 4. The zero-order valence-electron chi connectivity index (χ0n) is 11.1. The fraction of sp³-hybridized carbons (Fsp3) is 0.500. The minimum absolute atomic E-state index is 0.0585. The van der Waals surface area contributed by atoms with Gasteiger partial charge < -0.3 is 24.3 Å². The highest BCUT2D eigenvalue weighted by atomic mass is 16.7. The molecule has 3 rings (SSSR count). The fourth-order valence-electron chi connectivity index (χ4n) is 2.21.